The summed E-state index contributed by atoms with van der Waals surface area (Å²) in [5.74, 6) is -0.702. The van der Waals surface area contributed by atoms with E-state index in [1.165, 1.54) is 26.4 Å². The molecule has 0 heterocycles. The van der Waals surface area contributed by atoms with Crippen molar-refractivity contribution in [3.63, 3.8) is 0 Å². The first-order valence-electron chi connectivity index (χ1n) is 9.52. The van der Waals surface area contributed by atoms with Gasteiger partial charge in [-0.15, -0.1) is 0 Å². The predicted molar refractivity (Wildman–Crippen MR) is 119 cm³/mol. The van der Waals surface area contributed by atoms with Gasteiger partial charge >= 0.3 is 11.9 Å². The zero-order valence-electron chi connectivity index (χ0n) is 17.4. The van der Waals surface area contributed by atoms with Gasteiger partial charge in [-0.25, -0.2) is 9.59 Å². The molecule has 0 bridgehead atoms. The van der Waals surface area contributed by atoms with E-state index in [1.54, 1.807) is 54.6 Å². The molecule has 164 valence electrons. The first-order chi connectivity index (χ1) is 15.4. The van der Waals surface area contributed by atoms with Crippen molar-refractivity contribution in [2.75, 3.05) is 19.5 Å². The summed E-state index contributed by atoms with van der Waals surface area (Å²) >= 11 is 5.85. The number of hydrogen-bond acceptors (Lipinski definition) is 6. The summed E-state index contributed by atoms with van der Waals surface area (Å²) in [4.78, 5) is 36.1. The highest BCUT2D eigenvalue weighted by Crippen LogP contribution is 2.26. The van der Waals surface area contributed by atoms with Crippen molar-refractivity contribution in [2.45, 2.75) is 6.42 Å². The smallest absolute Gasteiger partial charge is 0.338 e. The van der Waals surface area contributed by atoms with Gasteiger partial charge in [0.15, 0.2) is 0 Å². The Bertz CT molecular complexity index is 1130. The minimum absolute atomic E-state index is 0.0305. The van der Waals surface area contributed by atoms with Crippen molar-refractivity contribution in [3.8, 4) is 11.5 Å². The fourth-order valence-electron chi connectivity index (χ4n) is 2.89. The number of esters is 2. The molecule has 3 aromatic rings. The first kappa shape index (κ1) is 22.8. The summed E-state index contributed by atoms with van der Waals surface area (Å²) < 4.78 is 15.2. The van der Waals surface area contributed by atoms with Gasteiger partial charge in [0.1, 0.15) is 11.5 Å². The van der Waals surface area contributed by atoms with Gasteiger partial charge in [0.2, 0.25) is 5.91 Å². The Balaban J connectivity index is 1.67. The van der Waals surface area contributed by atoms with Crippen LogP contribution in [0, 0.1) is 0 Å². The van der Waals surface area contributed by atoms with E-state index < -0.39 is 11.9 Å². The minimum Gasteiger partial charge on any atom is -0.465 e. The molecule has 32 heavy (non-hydrogen) atoms. The molecular weight excluding hydrogens is 434 g/mol. The summed E-state index contributed by atoms with van der Waals surface area (Å²) in [6, 6.07) is 18.2. The number of nitrogens with one attached hydrogen (secondary N) is 1. The molecule has 1 amide bonds. The number of ether oxygens (including phenoxy) is 3. The van der Waals surface area contributed by atoms with E-state index in [9.17, 15) is 14.4 Å². The monoisotopic (exact) mass is 453 g/mol. The van der Waals surface area contributed by atoms with Gasteiger partial charge in [-0.2, -0.15) is 0 Å². The molecule has 8 heteroatoms. The molecule has 0 unspecified atom stereocenters. The Morgan fingerprint density at radius 1 is 0.781 bits per heavy atom. The van der Waals surface area contributed by atoms with E-state index in [0.717, 1.165) is 5.56 Å². The topological polar surface area (TPSA) is 90.9 Å². The number of rotatable bonds is 7. The van der Waals surface area contributed by atoms with Crippen LogP contribution in [0.15, 0.2) is 66.7 Å². The van der Waals surface area contributed by atoms with Crippen LogP contribution in [-0.2, 0) is 20.7 Å². The van der Waals surface area contributed by atoms with Crippen molar-refractivity contribution < 1.29 is 28.6 Å². The highest BCUT2D eigenvalue weighted by atomic mass is 35.5. The van der Waals surface area contributed by atoms with E-state index in [2.05, 4.69) is 10.1 Å². The van der Waals surface area contributed by atoms with Crippen LogP contribution in [0.3, 0.4) is 0 Å². The maximum atomic E-state index is 12.2. The summed E-state index contributed by atoms with van der Waals surface area (Å²) in [6.45, 7) is 0. The third-order valence-corrected chi connectivity index (χ3v) is 4.71. The molecule has 0 saturated heterocycles. The van der Waals surface area contributed by atoms with Gasteiger partial charge in [-0.05, 0) is 60.2 Å². The van der Waals surface area contributed by atoms with E-state index in [4.69, 9.17) is 21.1 Å². The fourth-order valence-corrected chi connectivity index (χ4v) is 3.01. The maximum absolute atomic E-state index is 12.2. The Hall–Kier alpha value is -3.84. The van der Waals surface area contributed by atoms with Crippen molar-refractivity contribution in [1.82, 2.24) is 0 Å². The second-order valence-electron chi connectivity index (χ2n) is 6.67. The number of hydrogen-bond donors (Lipinski definition) is 1. The fraction of sp³-hybridized carbons (Fsp3) is 0.125. The lowest BCUT2D eigenvalue weighted by Crippen LogP contribution is -2.14. The third-order valence-electron chi connectivity index (χ3n) is 4.45. The Morgan fingerprint density at radius 3 is 2.00 bits per heavy atom. The number of halogens is 1. The van der Waals surface area contributed by atoms with E-state index in [1.807, 2.05) is 0 Å². The molecule has 0 saturated carbocycles. The van der Waals surface area contributed by atoms with E-state index in [-0.39, 0.29) is 23.5 Å². The predicted octanol–water partition coefficient (Wildman–Crippen LogP) is 4.89. The zero-order chi connectivity index (χ0) is 23.1. The molecule has 0 atom stereocenters. The first-order valence-corrected chi connectivity index (χ1v) is 9.90. The van der Waals surface area contributed by atoms with Crippen LogP contribution < -0.4 is 10.1 Å². The quantitative estimate of drug-likeness (QED) is 0.512. The molecule has 1 N–H and O–H groups in total. The maximum Gasteiger partial charge on any atom is 0.338 e. The number of amides is 1. The van der Waals surface area contributed by atoms with Gasteiger partial charge in [0.25, 0.3) is 0 Å². The third kappa shape index (κ3) is 5.86. The SMILES string of the molecule is COC(=O)c1ccc(Oc2ccc(NC(=O)Cc3ccc(Cl)cc3)cc2)cc1C(=O)OC. The normalized spacial score (nSPS) is 10.2. The van der Waals surface area contributed by atoms with Crippen LogP contribution in [0.2, 0.25) is 5.02 Å². The van der Waals surface area contributed by atoms with Crippen molar-refractivity contribution >= 4 is 35.1 Å². The summed E-state index contributed by atoms with van der Waals surface area (Å²) in [5, 5.41) is 3.43. The molecule has 0 fully saturated rings. The van der Waals surface area contributed by atoms with Crippen molar-refractivity contribution in [2.24, 2.45) is 0 Å². The van der Waals surface area contributed by atoms with Gasteiger partial charge in [-0.1, -0.05) is 23.7 Å². The van der Waals surface area contributed by atoms with E-state index >= 15 is 0 Å². The Kier molecular flexibility index (Phi) is 7.46. The Morgan fingerprint density at radius 2 is 1.38 bits per heavy atom. The summed E-state index contributed by atoms with van der Waals surface area (Å²) in [6.07, 6.45) is 0.221. The number of carbonyl (C=O) groups is 3. The molecule has 0 aromatic heterocycles. The molecule has 0 aliphatic rings. The van der Waals surface area contributed by atoms with Crippen molar-refractivity contribution in [1.29, 1.82) is 0 Å². The highest BCUT2D eigenvalue weighted by molar-refractivity contribution is 6.30. The van der Waals surface area contributed by atoms with Crippen LogP contribution in [0.1, 0.15) is 26.3 Å². The summed E-state index contributed by atoms with van der Waals surface area (Å²) in [7, 11) is 2.44. The van der Waals surface area contributed by atoms with Gasteiger partial charge in [-0.3, -0.25) is 4.79 Å². The second kappa shape index (κ2) is 10.5. The van der Waals surface area contributed by atoms with E-state index in [0.29, 0.717) is 22.2 Å². The highest BCUT2D eigenvalue weighted by Gasteiger charge is 2.19. The van der Waals surface area contributed by atoms with Gasteiger partial charge < -0.3 is 19.5 Å². The largest absolute Gasteiger partial charge is 0.465 e. The number of methoxy groups -OCH3 is 2. The lowest BCUT2D eigenvalue weighted by molar-refractivity contribution is -0.115. The van der Waals surface area contributed by atoms with Crippen LogP contribution in [0.5, 0.6) is 11.5 Å². The zero-order valence-corrected chi connectivity index (χ0v) is 18.1. The van der Waals surface area contributed by atoms with Crippen LogP contribution in [0.25, 0.3) is 0 Å². The molecule has 0 aliphatic heterocycles. The Labute approximate surface area is 189 Å². The number of benzene rings is 3. The molecule has 3 rings (SSSR count). The van der Waals surface area contributed by atoms with Gasteiger partial charge in [0.05, 0.1) is 31.8 Å². The standard InChI is InChI=1S/C24H20ClNO6/c1-30-23(28)20-12-11-19(14-21(20)24(29)31-2)32-18-9-7-17(8-10-18)26-22(27)13-15-3-5-16(25)6-4-15/h3-12,14H,13H2,1-2H3,(H,26,27). The summed E-state index contributed by atoms with van der Waals surface area (Å²) in [5.41, 5.74) is 1.56. The van der Waals surface area contributed by atoms with Crippen LogP contribution in [-0.4, -0.2) is 32.1 Å². The molecular formula is C24H20ClNO6. The van der Waals surface area contributed by atoms with Gasteiger partial charge in [0, 0.05) is 10.7 Å². The average molecular weight is 454 g/mol. The average Bonchev–Trinajstić information content (AvgIpc) is 2.80. The number of anilines is 1. The lowest BCUT2D eigenvalue weighted by Gasteiger charge is -2.11. The molecule has 0 radical (unpaired) electrons. The minimum atomic E-state index is -0.686. The second-order valence-corrected chi connectivity index (χ2v) is 7.10. The van der Waals surface area contributed by atoms with Crippen molar-refractivity contribution in [3.05, 3.63) is 88.4 Å². The van der Waals surface area contributed by atoms with Crippen LogP contribution in [0.4, 0.5) is 5.69 Å². The molecule has 0 spiro atoms. The van der Waals surface area contributed by atoms with Crippen LogP contribution >= 0.6 is 11.6 Å². The molecule has 7 nitrogen and oxygen atoms in total. The number of carbonyl (C=O) groups excluding carboxylic acids is 3. The molecule has 0 aliphatic carbocycles. The lowest BCUT2D eigenvalue weighted by atomic mass is 10.1. The molecule has 3 aromatic carbocycles.